The van der Waals surface area contributed by atoms with E-state index < -0.39 is 29.2 Å². The third-order valence-corrected chi connectivity index (χ3v) is 1.59. The quantitative estimate of drug-likeness (QED) is 0.605. The van der Waals surface area contributed by atoms with Crippen LogP contribution in [0.5, 0.6) is 0 Å². The normalized spacial score (nSPS) is 12.9. The molecule has 0 heterocycles. The number of rotatable bonds is 0. The smallest absolute Gasteiger partial charge is 0.301 e. The first-order valence-electron chi connectivity index (χ1n) is 3.62. The van der Waals surface area contributed by atoms with E-state index in [0.717, 1.165) is 0 Å². The van der Waals surface area contributed by atoms with Gasteiger partial charge >= 0.3 is 12.4 Å². The van der Waals surface area contributed by atoms with Crippen molar-refractivity contribution in [3.63, 3.8) is 0 Å². The first-order valence-corrected chi connectivity index (χ1v) is 3.62. The third kappa shape index (κ3) is 2.77. The molecule has 83 valence electrons. The van der Waals surface area contributed by atoms with Crippen molar-refractivity contribution in [1.82, 2.24) is 5.73 Å². The zero-order valence-electron chi connectivity index (χ0n) is 7.00. The van der Waals surface area contributed by atoms with Crippen LogP contribution in [0.25, 0.3) is 0 Å². The summed E-state index contributed by atoms with van der Waals surface area (Å²) in [7, 11) is 0. The second kappa shape index (κ2) is 3.32. The Kier molecular flexibility index (Phi) is 2.58. The van der Waals surface area contributed by atoms with Gasteiger partial charge in [0.2, 0.25) is 0 Å². The van der Waals surface area contributed by atoms with E-state index in [-0.39, 0.29) is 6.07 Å². The van der Waals surface area contributed by atoms with E-state index in [9.17, 15) is 26.3 Å². The summed E-state index contributed by atoms with van der Waals surface area (Å²) in [5.41, 5.74) is 3.07. The molecule has 0 aromatic heterocycles. The van der Waals surface area contributed by atoms with E-state index in [1.807, 2.05) is 0 Å². The van der Waals surface area contributed by atoms with Gasteiger partial charge in [-0.25, -0.2) is 0 Å². The Labute approximate surface area is 80.5 Å². The van der Waals surface area contributed by atoms with Gasteiger partial charge in [-0.05, 0) is 18.2 Å². The molecular formula is C8H4F6N. The lowest BCUT2D eigenvalue weighted by atomic mass is 10.1. The molecule has 0 fully saturated rings. The minimum atomic E-state index is -4.88. The highest BCUT2D eigenvalue weighted by atomic mass is 19.4. The van der Waals surface area contributed by atoms with Crippen molar-refractivity contribution < 1.29 is 26.3 Å². The van der Waals surface area contributed by atoms with Crippen LogP contribution in [-0.4, -0.2) is 0 Å². The van der Waals surface area contributed by atoms with Gasteiger partial charge in [-0.3, -0.25) is 0 Å². The lowest BCUT2D eigenvalue weighted by Crippen LogP contribution is -2.10. The minimum absolute atomic E-state index is 0.0158. The fraction of sp³-hybridized carbons (Fsp3) is 0.250. The molecule has 15 heavy (non-hydrogen) atoms. The molecular weight excluding hydrogens is 224 g/mol. The highest BCUT2D eigenvalue weighted by Crippen LogP contribution is 2.36. The largest absolute Gasteiger partial charge is 0.416 e. The molecule has 0 bridgehead atoms. The monoisotopic (exact) mass is 228 g/mol. The zero-order chi connectivity index (χ0) is 11.9. The SMILES string of the molecule is [NH]c1cc(C(F)(F)F)cc(C(F)(F)F)c1. The summed E-state index contributed by atoms with van der Waals surface area (Å²) < 4.78 is 72.5. The maximum atomic E-state index is 12.1. The van der Waals surface area contributed by atoms with E-state index in [0.29, 0.717) is 12.1 Å². The van der Waals surface area contributed by atoms with Crippen LogP contribution in [0.4, 0.5) is 32.0 Å². The number of nitrogens with one attached hydrogen (secondary N) is 1. The Morgan fingerprint density at radius 1 is 0.733 bits per heavy atom. The second-order valence-electron chi connectivity index (χ2n) is 2.79. The van der Waals surface area contributed by atoms with Crippen molar-refractivity contribution in [2.24, 2.45) is 0 Å². The standard InChI is InChI=1S/C8H4F6N/c9-7(10,11)4-1-5(8(12,13)14)3-6(15)2-4/h1-3,15H. The van der Waals surface area contributed by atoms with Crippen LogP contribution < -0.4 is 5.73 Å². The predicted octanol–water partition coefficient (Wildman–Crippen LogP) is 3.64. The van der Waals surface area contributed by atoms with Crippen molar-refractivity contribution in [3.8, 4) is 0 Å². The molecule has 0 aliphatic carbocycles. The summed E-state index contributed by atoms with van der Waals surface area (Å²) in [6.45, 7) is 0. The lowest BCUT2D eigenvalue weighted by molar-refractivity contribution is -0.143. The van der Waals surface area contributed by atoms with E-state index in [4.69, 9.17) is 5.73 Å². The molecule has 7 heteroatoms. The summed E-state index contributed by atoms with van der Waals surface area (Å²) in [6.07, 6.45) is -9.76. The second-order valence-corrected chi connectivity index (χ2v) is 2.79. The molecule has 0 saturated heterocycles. The van der Waals surface area contributed by atoms with Crippen molar-refractivity contribution >= 4 is 5.69 Å². The van der Waals surface area contributed by atoms with Crippen LogP contribution >= 0.6 is 0 Å². The lowest BCUT2D eigenvalue weighted by Gasteiger charge is -2.11. The molecule has 0 spiro atoms. The van der Waals surface area contributed by atoms with Gasteiger partial charge in [0.05, 0.1) is 16.8 Å². The van der Waals surface area contributed by atoms with Gasteiger partial charge in [0.25, 0.3) is 0 Å². The van der Waals surface area contributed by atoms with Crippen molar-refractivity contribution in [2.75, 3.05) is 0 Å². The summed E-state index contributed by atoms with van der Waals surface area (Å²) in [5, 5.41) is 0. The first-order chi connectivity index (χ1) is 6.60. The molecule has 0 amide bonds. The summed E-state index contributed by atoms with van der Waals surface area (Å²) in [5.74, 6) is 0. The molecule has 0 aliphatic heterocycles. The third-order valence-electron chi connectivity index (χ3n) is 1.59. The van der Waals surface area contributed by atoms with Gasteiger partial charge in [-0.1, -0.05) is 0 Å². The van der Waals surface area contributed by atoms with Crippen LogP contribution in [-0.2, 0) is 12.4 Å². The summed E-state index contributed by atoms with van der Waals surface area (Å²) >= 11 is 0. The van der Waals surface area contributed by atoms with Crippen molar-refractivity contribution in [2.45, 2.75) is 12.4 Å². The topological polar surface area (TPSA) is 23.8 Å². The summed E-state index contributed by atoms with van der Waals surface area (Å²) in [4.78, 5) is 0. The Morgan fingerprint density at radius 2 is 1.07 bits per heavy atom. The molecule has 1 rings (SSSR count). The molecule has 0 saturated carbocycles. The first kappa shape index (κ1) is 11.7. The summed E-state index contributed by atoms with van der Waals surface area (Å²) in [6, 6.07) is 0.669. The fourth-order valence-corrected chi connectivity index (χ4v) is 0.955. The number of benzene rings is 1. The van der Waals surface area contributed by atoms with Crippen LogP contribution in [0.15, 0.2) is 18.2 Å². The van der Waals surface area contributed by atoms with Gasteiger partial charge < -0.3 is 5.73 Å². The Bertz CT molecular complexity index is 332. The molecule has 1 aromatic rings. The molecule has 0 unspecified atom stereocenters. The van der Waals surface area contributed by atoms with Crippen LogP contribution in [0.3, 0.4) is 0 Å². The number of alkyl halides is 6. The fourth-order valence-electron chi connectivity index (χ4n) is 0.955. The van der Waals surface area contributed by atoms with E-state index in [1.165, 1.54) is 0 Å². The van der Waals surface area contributed by atoms with Crippen LogP contribution in [0.1, 0.15) is 11.1 Å². The van der Waals surface area contributed by atoms with Crippen molar-refractivity contribution in [1.29, 1.82) is 0 Å². The van der Waals surface area contributed by atoms with Gasteiger partial charge in [-0.2, -0.15) is 26.3 Å². The highest BCUT2D eigenvalue weighted by Gasteiger charge is 2.36. The van der Waals surface area contributed by atoms with Gasteiger partial charge in [0, 0.05) is 0 Å². The van der Waals surface area contributed by atoms with Gasteiger partial charge in [0.15, 0.2) is 0 Å². The Morgan fingerprint density at radius 3 is 1.33 bits per heavy atom. The van der Waals surface area contributed by atoms with Gasteiger partial charge in [-0.15, -0.1) is 0 Å². The average Bonchev–Trinajstić information content (AvgIpc) is 1.99. The predicted molar refractivity (Wildman–Crippen MR) is 39.2 cm³/mol. The number of hydrogen-bond donors (Lipinski definition) is 0. The number of hydrogen-bond acceptors (Lipinski definition) is 0. The molecule has 1 N–H and O–H groups in total. The number of halogens is 6. The highest BCUT2D eigenvalue weighted by molar-refractivity contribution is 5.43. The maximum Gasteiger partial charge on any atom is 0.416 e. The minimum Gasteiger partial charge on any atom is -0.301 e. The molecule has 1 aromatic carbocycles. The zero-order valence-corrected chi connectivity index (χ0v) is 7.00. The molecule has 1 nitrogen and oxygen atoms in total. The maximum absolute atomic E-state index is 12.1. The van der Waals surface area contributed by atoms with E-state index in [1.54, 1.807) is 0 Å². The Balaban J connectivity index is 3.30. The van der Waals surface area contributed by atoms with Crippen LogP contribution in [0, 0.1) is 0 Å². The molecule has 0 atom stereocenters. The van der Waals surface area contributed by atoms with Crippen molar-refractivity contribution in [3.05, 3.63) is 29.3 Å². The van der Waals surface area contributed by atoms with Gasteiger partial charge in [0.1, 0.15) is 0 Å². The van der Waals surface area contributed by atoms with E-state index >= 15 is 0 Å². The van der Waals surface area contributed by atoms with Crippen LogP contribution in [0.2, 0.25) is 0 Å². The van der Waals surface area contributed by atoms with E-state index in [2.05, 4.69) is 0 Å². The molecule has 0 aliphatic rings. The average molecular weight is 228 g/mol. The molecule has 1 radical (unpaired) electrons. The Hall–Kier alpha value is -1.40.